The summed E-state index contributed by atoms with van der Waals surface area (Å²) < 4.78 is 16.7. The summed E-state index contributed by atoms with van der Waals surface area (Å²) in [6, 6.07) is 10.8. The molecule has 3 heterocycles. The number of nitrogens with one attached hydrogen (secondary N) is 1. The lowest BCUT2D eigenvalue weighted by molar-refractivity contribution is -0.155. The van der Waals surface area contributed by atoms with Crippen molar-refractivity contribution in [2.75, 3.05) is 24.7 Å². The van der Waals surface area contributed by atoms with Crippen LogP contribution in [-0.4, -0.2) is 48.2 Å². The lowest BCUT2D eigenvalue weighted by Gasteiger charge is -2.32. The van der Waals surface area contributed by atoms with Crippen LogP contribution in [0.5, 0.6) is 17.2 Å². The monoisotopic (exact) mass is 480 g/mol. The molecule has 0 radical (unpaired) electrons. The molecular weight excluding hydrogens is 452 g/mol. The Kier molecular flexibility index (Phi) is 5.88. The van der Waals surface area contributed by atoms with Crippen LogP contribution in [0.4, 0.5) is 5.69 Å². The maximum absolute atomic E-state index is 13.9. The van der Waals surface area contributed by atoms with E-state index in [-0.39, 0.29) is 12.4 Å². The van der Waals surface area contributed by atoms with Gasteiger partial charge in [-0.3, -0.25) is 19.7 Å². The predicted molar refractivity (Wildman–Crippen MR) is 125 cm³/mol. The van der Waals surface area contributed by atoms with Gasteiger partial charge in [0, 0.05) is 12.1 Å². The zero-order valence-corrected chi connectivity index (χ0v) is 19.7. The normalized spacial score (nSPS) is 27.1. The molecule has 0 spiro atoms. The molecule has 184 valence electrons. The number of carbonyl (C=O) groups is 3. The number of amides is 2. The Bertz CT molecular complexity index is 1160. The summed E-state index contributed by atoms with van der Waals surface area (Å²) in [6.45, 7) is 4.59. The summed E-state index contributed by atoms with van der Waals surface area (Å²) in [4.78, 5) is 42.4. The third-order valence-corrected chi connectivity index (χ3v) is 6.97. The number of benzene rings is 2. The molecule has 2 amide bonds. The summed E-state index contributed by atoms with van der Waals surface area (Å²) in [5, 5.41) is 13.1. The fourth-order valence-electron chi connectivity index (χ4n) is 5.57. The van der Waals surface area contributed by atoms with Gasteiger partial charge in [0.15, 0.2) is 11.5 Å². The van der Waals surface area contributed by atoms with E-state index in [4.69, 9.17) is 14.2 Å². The molecule has 9 heteroatoms. The van der Waals surface area contributed by atoms with Crippen LogP contribution in [-0.2, 0) is 19.1 Å². The molecule has 2 aromatic carbocycles. The highest BCUT2D eigenvalue weighted by atomic mass is 16.6. The molecule has 2 N–H and O–H groups in total. The number of phenolic OH excluding ortho intramolecular Hbond substituents is 1. The Hall–Kier alpha value is -3.59. The molecular formula is C26H28N2O7. The summed E-state index contributed by atoms with van der Waals surface area (Å²) in [5.74, 6) is -2.06. The van der Waals surface area contributed by atoms with E-state index in [2.05, 4.69) is 5.32 Å². The number of ether oxygens (including phenoxy) is 3. The van der Waals surface area contributed by atoms with Crippen LogP contribution >= 0.6 is 0 Å². The van der Waals surface area contributed by atoms with Gasteiger partial charge in [0.25, 0.3) is 0 Å². The van der Waals surface area contributed by atoms with Crippen LogP contribution in [0.15, 0.2) is 42.5 Å². The number of fused-ring (bicyclic) bond motifs is 2. The molecule has 2 fully saturated rings. The molecule has 2 saturated heterocycles. The molecule has 2 aromatic rings. The number of phenols is 1. The van der Waals surface area contributed by atoms with Crippen molar-refractivity contribution in [2.45, 2.75) is 38.3 Å². The van der Waals surface area contributed by atoms with Gasteiger partial charge >= 0.3 is 5.97 Å². The Morgan fingerprint density at radius 1 is 1.09 bits per heavy atom. The smallest absolute Gasteiger partial charge is 0.327 e. The van der Waals surface area contributed by atoms with Crippen molar-refractivity contribution in [1.82, 2.24) is 5.32 Å². The van der Waals surface area contributed by atoms with Crippen molar-refractivity contribution in [3.63, 3.8) is 0 Å². The number of nitrogens with zero attached hydrogens (tertiary/aromatic N) is 1. The topological polar surface area (TPSA) is 114 Å². The molecule has 0 aromatic heterocycles. The van der Waals surface area contributed by atoms with Crippen molar-refractivity contribution in [3.05, 3.63) is 48.0 Å². The minimum atomic E-state index is -1.35. The molecule has 0 unspecified atom stereocenters. The first kappa shape index (κ1) is 23.2. The lowest BCUT2D eigenvalue weighted by atomic mass is 9.77. The number of esters is 1. The summed E-state index contributed by atoms with van der Waals surface area (Å²) in [6.07, 6.45) is 0.929. The lowest BCUT2D eigenvalue weighted by Crippen LogP contribution is -2.56. The SMILES string of the molecule is CCC[C@]1(C(=O)OCC)N[C@H](c2ccc(O)cc2)[C@@H]2C(=O)N(c3ccc4c(c3)OCCO4)C(=O)[C@H]21. The molecule has 3 aliphatic rings. The molecule has 5 rings (SSSR count). The van der Waals surface area contributed by atoms with Gasteiger partial charge < -0.3 is 19.3 Å². The van der Waals surface area contributed by atoms with Crippen LogP contribution in [0.1, 0.15) is 38.3 Å². The van der Waals surface area contributed by atoms with Gasteiger partial charge in [0.2, 0.25) is 11.8 Å². The van der Waals surface area contributed by atoms with E-state index in [1.165, 1.54) is 12.1 Å². The summed E-state index contributed by atoms with van der Waals surface area (Å²) in [7, 11) is 0. The van der Waals surface area contributed by atoms with Crippen LogP contribution in [0.2, 0.25) is 0 Å². The highest BCUT2D eigenvalue weighted by molar-refractivity contribution is 6.24. The van der Waals surface area contributed by atoms with Crippen molar-refractivity contribution in [3.8, 4) is 17.2 Å². The molecule has 0 bridgehead atoms. The predicted octanol–water partition coefficient (Wildman–Crippen LogP) is 2.72. The maximum atomic E-state index is 13.9. The molecule has 0 aliphatic carbocycles. The molecule has 35 heavy (non-hydrogen) atoms. The van der Waals surface area contributed by atoms with Crippen molar-refractivity contribution in [2.24, 2.45) is 11.8 Å². The molecule has 9 nitrogen and oxygen atoms in total. The third-order valence-electron chi connectivity index (χ3n) is 6.97. The second kappa shape index (κ2) is 8.88. The molecule has 3 aliphatic heterocycles. The van der Waals surface area contributed by atoms with Crippen molar-refractivity contribution < 1.29 is 33.7 Å². The maximum Gasteiger partial charge on any atom is 0.327 e. The van der Waals surface area contributed by atoms with Gasteiger partial charge in [-0.1, -0.05) is 25.5 Å². The third kappa shape index (κ3) is 3.61. The minimum absolute atomic E-state index is 0.0836. The summed E-state index contributed by atoms with van der Waals surface area (Å²) in [5.41, 5.74) is -0.282. The van der Waals surface area contributed by atoms with E-state index < -0.39 is 41.2 Å². The van der Waals surface area contributed by atoms with Gasteiger partial charge in [-0.25, -0.2) is 4.90 Å². The number of hydrogen-bond acceptors (Lipinski definition) is 8. The van der Waals surface area contributed by atoms with Crippen molar-refractivity contribution in [1.29, 1.82) is 0 Å². The van der Waals surface area contributed by atoms with Gasteiger partial charge in [0.05, 0.1) is 24.1 Å². The highest BCUT2D eigenvalue weighted by Gasteiger charge is 2.68. The van der Waals surface area contributed by atoms with E-state index in [1.54, 1.807) is 37.3 Å². The minimum Gasteiger partial charge on any atom is -0.508 e. The second-order valence-electron chi connectivity index (χ2n) is 9.00. The number of anilines is 1. The first-order valence-corrected chi connectivity index (χ1v) is 11.9. The zero-order chi connectivity index (χ0) is 24.7. The van der Waals surface area contributed by atoms with E-state index in [0.717, 1.165) is 4.90 Å². The molecule has 4 atom stereocenters. The Morgan fingerprint density at radius 3 is 2.49 bits per heavy atom. The fraction of sp³-hybridized carbons (Fsp3) is 0.423. The molecule has 0 saturated carbocycles. The quantitative estimate of drug-likeness (QED) is 0.479. The Labute approximate surface area is 203 Å². The second-order valence-corrected chi connectivity index (χ2v) is 9.00. The fourth-order valence-corrected chi connectivity index (χ4v) is 5.57. The first-order valence-electron chi connectivity index (χ1n) is 11.9. The van der Waals surface area contributed by atoms with Gasteiger partial charge in [0.1, 0.15) is 24.5 Å². The number of rotatable bonds is 6. The standard InChI is InChI=1S/C26H28N2O7/c1-3-11-26(25(32)33-4-2)21-20(22(27-26)15-5-8-17(29)9-6-15)23(30)28(24(21)31)16-7-10-18-19(14-16)35-13-12-34-18/h5-10,14,20-22,27,29H,3-4,11-13H2,1-2H3/t20-,21+,22-,26+/m1/s1. The van der Waals surface area contributed by atoms with E-state index in [1.807, 2.05) is 6.92 Å². The van der Waals surface area contributed by atoms with E-state index in [0.29, 0.717) is 48.8 Å². The number of imide groups is 1. The van der Waals surface area contributed by atoms with Crippen LogP contribution < -0.4 is 19.7 Å². The van der Waals surface area contributed by atoms with Gasteiger partial charge in [-0.05, 0) is 43.2 Å². The van der Waals surface area contributed by atoms with Gasteiger partial charge in [-0.15, -0.1) is 0 Å². The van der Waals surface area contributed by atoms with Crippen LogP contribution in [0.3, 0.4) is 0 Å². The average molecular weight is 481 g/mol. The Balaban J connectivity index is 1.61. The Morgan fingerprint density at radius 2 is 1.80 bits per heavy atom. The zero-order valence-electron chi connectivity index (χ0n) is 19.7. The van der Waals surface area contributed by atoms with Crippen molar-refractivity contribution >= 4 is 23.5 Å². The average Bonchev–Trinajstić information content (AvgIpc) is 3.34. The number of aromatic hydroxyl groups is 1. The number of carbonyl (C=O) groups excluding carboxylic acids is 3. The highest BCUT2D eigenvalue weighted by Crippen LogP contribution is 2.52. The van der Waals surface area contributed by atoms with Gasteiger partial charge in [-0.2, -0.15) is 0 Å². The number of hydrogen-bond donors (Lipinski definition) is 2. The largest absolute Gasteiger partial charge is 0.508 e. The summed E-state index contributed by atoms with van der Waals surface area (Å²) >= 11 is 0. The first-order chi connectivity index (χ1) is 16.9. The van der Waals surface area contributed by atoms with E-state index in [9.17, 15) is 19.5 Å². The van der Waals surface area contributed by atoms with Crippen LogP contribution in [0, 0.1) is 11.8 Å². The van der Waals surface area contributed by atoms with E-state index >= 15 is 0 Å². The van der Waals surface area contributed by atoms with Crippen LogP contribution in [0.25, 0.3) is 0 Å².